The van der Waals surface area contributed by atoms with Crippen molar-refractivity contribution < 1.29 is 13.2 Å². The second-order valence-electron chi connectivity index (χ2n) is 7.14. The smallest absolute Gasteiger partial charge is 0.282 e. The molecule has 0 bridgehead atoms. The van der Waals surface area contributed by atoms with E-state index in [4.69, 9.17) is 0 Å². The lowest BCUT2D eigenvalue weighted by Gasteiger charge is -2.41. The van der Waals surface area contributed by atoms with Gasteiger partial charge in [0.15, 0.2) is 0 Å². The summed E-state index contributed by atoms with van der Waals surface area (Å²) < 4.78 is 28.6. The number of rotatable bonds is 4. The summed E-state index contributed by atoms with van der Waals surface area (Å²) >= 11 is 0. The molecule has 1 N–H and O–H groups in total. The summed E-state index contributed by atoms with van der Waals surface area (Å²) in [4.78, 5) is 16.5. The molecule has 1 atom stereocenters. The van der Waals surface area contributed by atoms with Crippen LogP contribution in [0.15, 0.2) is 0 Å². The predicted molar refractivity (Wildman–Crippen MR) is 91.7 cm³/mol. The quantitative estimate of drug-likeness (QED) is 0.660. The lowest BCUT2D eigenvalue weighted by Crippen LogP contribution is -2.58. The number of carbonyl (C=O) groups is 1. The van der Waals surface area contributed by atoms with Crippen molar-refractivity contribution in [3.63, 3.8) is 0 Å². The van der Waals surface area contributed by atoms with Crippen molar-refractivity contribution >= 4 is 16.1 Å². The van der Waals surface area contributed by atoms with E-state index in [1.807, 2.05) is 18.9 Å². The first-order valence-corrected chi connectivity index (χ1v) is 10.2. The van der Waals surface area contributed by atoms with Crippen molar-refractivity contribution in [2.75, 3.05) is 72.5 Å². The number of hydrogen-bond acceptors (Lipinski definition) is 5. The van der Waals surface area contributed by atoms with E-state index in [0.717, 1.165) is 26.2 Å². The van der Waals surface area contributed by atoms with Crippen LogP contribution in [0.2, 0.25) is 0 Å². The van der Waals surface area contributed by atoms with E-state index in [-0.39, 0.29) is 11.8 Å². The molecule has 24 heavy (non-hydrogen) atoms. The maximum atomic E-state index is 12.7. The number of likely N-dealkylation sites (N-methyl/N-ethyl adjacent to an activating group) is 1. The Morgan fingerprint density at radius 3 is 1.92 bits per heavy atom. The highest BCUT2D eigenvalue weighted by atomic mass is 32.2. The molecule has 0 radical (unpaired) electrons. The van der Waals surface area contributed by atoms with Crippen LogP contribution in [-0.4, -0.2) is 105 Å². The molecule has 3 fully saturated rings. The zero-order valence-corrected chi connectivity index (χ0v) is 15.5. The Bertz CT molecular complexity index is 549. The number of amides is 1. The summed E-state index contributed by atoms with van der Waals surface area (Å²) in [5.41, 5.74) is 0. The van der Waals surface area contributed by atoms with Crippen molar-refractivity contribution in [3.05, 3.63) is 0 Å². The van der Waals surface area contributed by atoms with Gasteiger partial charge in [0.25, 0.3) is 10.2 Å². The zero-order valence-electron chi connectivity index (χ0n) is 14.6. The lowest BCUT2D eigenvalue weighted by atomic mass is 9.88. The average molecular weight is 359 g/mol. The van der Waals surface area contributed by atoms with Gasteiger partial charge >= 0.3 is 0 Å². The van der Waals surface area contributed by atoms with Crippen LogP contribution in [0.5, 0.6) is 0 Å². The number of nitrogens with zero attached hydrogens (tertiary/aromatic N) is 4. The second kappa shape index (κ2) is 7.25. The van der Waals surface area contributed by atoms with Gasteiger partial charge in [-0.05, 0) is 26.1 Å². The van der Waals surface area contributed by atoms with Crippen molar-refractivity contribution in [1.29, 1.82) is 0 Å². The minimum Gasteiger partial charge on any atom is -0.340 e. The van der Waals surface area contributed by atoms with E-state index in [1.165, 1.54) is 4.31 Å². The topological polar surface area (TPSA) is 76.2 Å². The Morgan fingerprint density at radius 1 is 0.958 bits per heavy atom. The molecule has 9 heteroatoms. The molecule has 0 aromatic heterocycles. The molecule has 0 saturated carbocycles. The maximum absolute atomic E-state index is 12.7. The van der Waals surface area contributed by atoms with Crippen LogP contribution in [0.25, 0.3) is 0 Å². The fourth-order valence-corrected chi connectivity index (χ4v) is 5.05. The zero-order chi connectivity index (χ0) is 17.3. The number of piperazine rings is 2. The van der Waals surface area contributed by atoms with Crippen molar-refractivity contribution in [1.82, 2.24) is 23.7 Å². The van der Waals surface area contributed by atoms with Crippen LogP contribution in [-0.2, 0) is 15.0 Å². The van der Waals surface area contributed by atoms with Crippen molar-refractivity contribution in [3.8, 4) is 0 Å². The maximum Gasteiger partial charge on any atom is 0.282 e. The Balaban J connectivity index is 1.53. The van der Waals surface area contributed by atoms with E-state index in [2.05, 4.69) is 10.2 Å². The molecule has 0 spiro atoms. The van der Waals surface area contributed by atoms with Crippen LogP contribution >= 0.6 is 0 Å². The molecule has 1 unspecified atom stereocenters. The van der Waals surface area contributed by atoms with Crippen molar-refractivity contribution in [2.24, 2.45) is 11.8 Å². The second-order valence-corrected chi connectivity index (χ2v) is 9.07. The summed E-state index contributed by atoms with van der Waals surface area (Å²) in [6.45, 7) is 8.22. The van der Waals surface area contributed by atoms with Crippen molar-refractivity contribution in [2.45, 2.75) is 6.92 Å². The Morgan fingerprint density at radius 2 is 1.46 bits per heavy atom. The molecule has 3 aliphatic heterocycles. The first-order chi connectivity index (χ1) is 11.4. The average Bonchev–Trinajstić information content (AvgIpc) is 2.53. The van der Waals surface area contributed by atoms with E-state index < -0.39 is 10.2 Å². The lowest BCUT2D eigenvalue weighted by molar-refractivity contribution is -0.138. The van der Waals surface area contributed by atoms with Gasteiger partial charge in [0.2, 0.25) is 5.91 Å². The van der Waals surface area contributed by atoms with Crippen LogP contribution in [0.4, 0.5) is 0 Å². The Labute approximate surface area is 144 Å². The van der Waals surface area contributed by atoms with E-state index in [9.17, 15) is 13.2 Å². The first kappa shape index (κ1) is 18.1. The van der Waals surface area contributed by atoms with Crippen LogP contribution in [0, 0.1) is 11.8 Å². The highest BCUT2D eigenvalue weighted by Gasteiger charge is 2.37. The number of hydrogen-bond donors (Lipinski definition) is 1. The van der Waals surface area contributed by atoms with Gasteiger partial charge in [0.05, 0.1) is 0 Å². The molecule has 138 valence electrons. The van der Waals surface area contributed by atoms with E-state index in [0.29, 0.717) is 45.2 Å². The third-order valence-corrected chi connectivity index (χ3v) is 7.61. The van der Waals surface area contributed by atoms with Gasteiger partial charge < -0.3 is 15.1 Å². The fraction of sp³-hybridized carbons (Fsp3) is 0.933. The molecule has 1 amide bonds. The molecule has 0 aromatic rings. The fourth-order valence-electron chi connectivity index (χ4n) is 3.48. The van der Waals surface area contributed by atoms with E-state index in [1.54, 1.807) is 4.31 Å². The Hall–Kier alpha value is -0.740. The molecule has 3 saturated heterocycles. The van der Waals surface area contributed by atoms with Crippen LogP contribution < -0.4 is 5.32 Å². The largest absolute Gasteiger partial charge is 0.340 e. The molecule has 3 rings (SSSR count). The highest BCUT2D eigenvalue weighted by molar-refractivity contribution is 7.86. The number of carbonyl (C=O) groups excluding carboxylic acids is 1. The predicted octanol–water partition coefficient (Wildman–Crippen LogP) is -1.52. The van der Waals surface area contributed by atoms with Gasteiger partial charge in [-0.3, -0.25) is 4.79 Å². The minimum absolute atomic E-state index is 0.0204. The van der Waals surface area contributed by atoms with Gasteiger partial charge in [-0.15, -0.1) is 0 Å². The standard InChI is InChI=1S/C15H29N5O3S/c1-13(14-11-16-12-14)15(21)18-5-9-20(10-6-18)24(22,23)19-7-3-17(2)4-8-19/h13-14,16H,3-12H2,1-2H3. The molecule has 0 aliphatic carbocycles. The third-order valence-electron chi connectivity index (χ3n) is 5.57. The highest BCUT2D eigenvalue weighted by Crippen LogP contribution is 2.20. The van der Waals surface area contributed by atoms with E-state index >= 15 is 0 Å². The van der Waals surface area contributed by atoms with Gasteiger partial charge in [0, 0.05) is 58.3 Å². The van der Waals surface area contributed by atoms with Gasteiger partial charge in [-0.1, -0.05) is 6.92 Å². The SMILES string of the molecule is CC(C(=O)N1CCN(S(=O)(=O)N2CCN(C)CC2)CC1)C1CNC1. The normalized spacial score (nSPS) is 27.0. The summed E-state index contributed by atoms with van der Waals surface area (Å²) in [5, 5.41) is 3.20. The molecule has 0 aromatic carbocycles. The van der Waals surface area contributed by atoms with Gasteiger partial charge in [-0.25, -0.2) is 0 Å². The summed E-state index contributed by atoms with van der Waals surface area (Å²) in [5.74, 6) is 0.606. The summed E-state index contributed by atoms with van der Waals surface area (Å²) in [6.07, 6.45) is 0. The van der Waals surface area contributed by atoms with Gasteiger partial charge in [0.1, 0.15) is 0 Å². The molecule has 8 nitrogen and oxygen atoms in total. The monoisotopic (exact) mass is 359 g/mol. The molecule has 3 heterocycles. The first-order valence-electron chi connectivity index (χ1n) is 8.83. The molecular formula is C15H29N5O3S. The third kappa shape index (κ3) is 3.60. The molecule has 3 aliphatic rings. The summed E-state index contributed by atoms with van der Waals surface area (Å²) in [7, 11) is -1.39. The summed E-state index contributed by atoms with van der Waals surface area (Å²) in [6, 6.07) is 0. The number of nitrogens with one attached hydrogen (secondary N) is 1. The Kier molecular flexibility index (Phi) is 5.45. The van der Waals surface area contributed by atoms with Crippen LogP contribution in [0.1, 0.15) is 6.92 Å². The minimum atomic E-state index is -3.40. The molecular weight excluding hydrogens is 330 g/mol. The van der Waals surface area contributed by atoms with Gasteiger partial charge in [-0.2, -0.15) is 17.0 Å². The van der Waals surface area contributed by atoms with Crippen LogP contribution in [0.3, 0.4) is 0 Å².